The average molecular weight is 351 g/mol. The number of rotatable bonds is 5. The van der Waals surface area contributed by atoms with Crippen LogP contribution >= 0.6 is 0 Å². The molecular formula is C20H25N5O. The fourth-order valence-electron chi connectivity index (χ4n) is 3.27. The van der Waals surface area contributed by atoms with Crippen molar-refractivity contribution in [3.63, 3.8) is 0 Å². The zero-order valence-corrected chi connectivity index (χ0v) is 15.4. The topological polar surface area (TPSA) is 57.3 Å². The van der Waals surface area contributed by atoms with E-state index in [1.165, 1.54) is 5.69 Å². The summed E-state index contributed by atoms with van der Waals surface area (Å²) in [5.74, 6) is 1.68. The molecule has 26 heavy (non-hydrogen) atoms. The van der Waals surface area contributed by atoms with E-state index in [1.807, 2.05) is 12.1 Å². The quantitative estimate of drug-likeness (QED) is 0.765. The Balaban J connectivity index is 1.69. The number of aromatic amines is 1. The maximum absolute atomic E-state index is 6.07. The van der Waals surface area contributed by atoms with Crippen LogP contribution in [0.2, 0.25) is 0 Å². The second kappa shape index (κ2) is 7.33. The number of nitrogens with one attached hydrogen (secondary N) is 1. The highest BCUT2D eigenvalue weighted by atomic mass is 16.5. The van der Waals surface area contributed by atoms with Crippen molar-refractivity contribution >= 4 is 16.9 Å². The number of H-pyrrole nitrogens is 1. The van der Waals surface area contributed by atoms with E-state index < -0.39 is 0 Å². The minimum Gasteiger partial charge on any atom is -0.493 e. The van der Waals surface area contributed by atoms with Gasteiger partial charge in [-0.15, -0.1) is 0 Å². The Labute approximate surface area is 153 Å². The first kappa shape index (κ1) is 16.8. The molecule has 1 fully saturated rings. The zero-order chi connectivity index (χ0) is 17.9. The molecule has 0 atom stereocenters. The third kappa shape index (κ3) is 3.37. The predicted octanol–water partition coefficient (Wildman–Crippen LogP) is 3.17. The van der Waals surface area contributed by atoms with Gasteiger partial charge in [-0.2, -0.15) is 0 Å². The molecule has 4 rings (SSSR count). The molecule has 6 heteroatoms. The van der Waals surface area contributed by atoms with Gasteiger partial charge in [-0.1, -0.05) is 6.92 Å². The Kier molecular flexibility index (Phi) is 4.75. The number of aromatic nitrogens is 3. The molecule has 1 aromatic carbocycles. The van der Waals surface area contributed by atoms with Gasteiger partial charge in [0.05, 0.1) is 17.7 Å². The van der Waals surface area contributed by atoms with Crippen molar-refractivity contribution in [1.29, 1.82) is 0 Å². The fourth-order valence-corrected chi connectivity index (χ4v) is 3.27. The summed E-state index contributed by atoms with van der Waals surface area (Å²) in [6.45, 7) is 7.06. The zero-order valence-electron chi connectivity index (χ0n) is 15.4. The van der Waals surface area contributed by atoms with Gasteiger partial charge in [-0.05, 0) is 37.7 Å². The lowest BCUT2D eigenvalue weighted by atomic mass is 10.1. The Morgan fingerprint density at radius 2 is 2.00 bits per heavy atom. The highest BCUT2D eigenvalue weighted by Gasteiger charge is 2.18. The molecule has 0 saturated carbocycles. The van der Waals surface area contributed by atoms with Crippen molar-refractivity contribution in [2.45, 2.75) is 13.3 Å². The molecule has 2 aromatic heterocycles. The van der Waals surface area contributed by atoms with E-state index >= 15 is 0 Å². The smallest absolute Gasteiger partial charge is 0.178 e. The van der Waals surface area contributed by atoms with Crippen LogP contribution in [0, 0.1) is 0 Å². The van der Waals surface area contributed by atoms with Crippen LogP contribution in [0.15, 0.2) is 36.5 Å². The molecule has 0 unspecified atom stereocenters. The Bertz CT molecular complexity index is 850. The molecule has 3 heterocycles. The highest BCUT2D eigenvalue weighted by Crippen LogP contribution is 2.33. The number of anilines is 1. The molecule has 1 aliphatic heterocycles. The van der Waals surface area contributed by atoms with Gasteiger partial charge < -0.3 is 19.5 Å². The molecule has 0 radical (unpaired) electrons. The van der Waals surface area contributed by atoms with Crippen LogP contribution in [0.25, 0.3) is 22.6 Å². The summed E-state index contributed by atoms with van der Waals surface area (Å²) in [7, 11) is 2.17. The van der Waals surface area contributed by atoms with Gasteiger partial charge >= 0.3 is 0 Å². The number of ether oxygens (including phenoxy) is 1. The van der Waals surface area contributed by atoms with Gasteiger partial charge in [0.1, 0.15) is 11.6 Å². The lowest BCUT2D eigenvalue weighted by Crippen LogP contribution is -2.44. The second-order valence-electron chi connectivity index (χ2n) is 6.78. The van der Waals surface area contributed by atoms with Crippen LogP contribution in [-0.4, -0.2) is 59.7 Å². The summed E-state index contributed by atoms with van der Waals surface area (Å²) in [6, 6.07) is 10.3. The van der Waals surface area contributed by atoms with E-state index in [-0.39, 0.29) is 0 Å². The SMILES string of the molecule is CCCOc1cc(N2CCN(C)CC2)ccc1-c1nc2ncccc2[nH]1. The highest BCUT2D eigenvalue weighted by molar-refractivity contribution is 5.78. The van der Waals surface area contributed by atoms with E-state index in [2.05, 4.69) is 56.9 Å². The number of hydrogen-bond donors (Lipinski definition) is 1. The van der Waals surface area contributed by atoms with Gasteiger partial charge in [-0.25, -0.2) is 9.97 Å². The van der Waals surface area contributed by atoms with Crippen LogP contribution in [0.3, 0.4) is 0 Å². The van der Waals surface area contributed by atoms with E-state index in [0.29, 0.717) is 6.61 Å². The third-order valence-electron chi connectivity index (χ3n) is 4.81. The maximum Gasteiger partial charge on any atom is 0.178 e. The Hall–Kier alpha value is -2.60. The normalized spacial score (nSPS) is 15.5. The number of hydrogen-bond acceptors (Lipinski definition) is 5. The van der Waals surface area contributed by atoms with Crippen LogP contribution in [-0.2, 0) is 0 Å². The van der Waals surface area contributed by atoms with Crippen molar-refractivity contribution in [3.05, 3.63) is 36.5 Å². The van der Waals surface area contributed by atoms with Crippen LogP contribution in [0.5, 0.6) is 5.75 Å². The average Bonchev–Trinajstić information content (AvgIpc) is 3.10. The first-order valence-electron chi connectivity index (χ1n) is 9.26. The monoisotopic (exact) mass is 351 g/mol. The van der Waals surface area contributed by atoms with Gasteiger partial charge in [0.15, 0.2) is 5.65 Å². The number of nitrogens with zero attached hydrogens (tertiary/aromatic N) is 4. The molecule has 1 aliphatic rings. The van der Waals surface area contributed by atoms with Crippen molar-refractivity contribution in [1.82, 2.24) is 19.9 Å². The van der Waals surface area contributed by atoms with Crippen molar-refractivity contribution in [2.75, 3.05) is 44.7 Å². The minimum atomic E-state index is 0.692. The van der Waals surface area contributed by atoms with E-state index in [0.717, 1.165) is 60.9 Å². The first-order chi connectivity index (χ1) is 12.7. The summed E-state index contributed by atoms with van der Waals surface area (Å²) in [4.78, 5) is 17.1. The van der Waals surface area contributed by atoms with E-state index in [4.69, 9.17) is 4.74 Å². The molecule has 1 saturated heterocycles. The summed E-state index contributed by atoms with van der Waals surface area (Å²) < 4.78 is 6.07. The number of piperazine rings is 1. The molecule has 6 nitrogen and oxygen atoms in total. The summed E-state index contributed by atoms with van der Waals surface area (Å²) in [6.07, 6.45) is 2.73. The van der Waals surface area contributed by atoms with E-state index in [9.17, 15) is 0 Å². The number of fused-ring (bicyclic) bond motifs is 1. The Morgan fingerprint density at radius 1 is 1.15 bits per heavy atom. The van der Waals surface area contributed by atoms with Gasteiger partial charge in [0, 0.05) is 44.1 Å². The largest absolute Gasteiger partial charge is 0.493 e. The number of pyridine rings is 1. The van der Waals surface area contributed by atoms with Crippen LogP contribution in [0.1, 0.15) is 13.3 Å². The van der Waals surface area contributed by atoms with E-state index in [1.54, 1.807) is 6.20 Å². The number of benzene rings is 1. The van der Waals surface area contributed by atoms with Crippen molar-refractivity contribution in [2.24, 2.45) is 0 Å². The van der Waals surface area contributed by atoms with Gasteiger partial charge in [-0.3, -0.25) is 0 Å². The molecule has 3 aromatic rings. The summed E-state index contributed by atoms with van der Waals surface area (Å²) in [5, 5.41) is 0. The molecule has 0 bridgehead atoms. The fraction of sp³-hybridized carbons (Fsp3) is 0.400. The summed E-state index contributed by atoms with van der Waals surface area (Å²) >= 11 is 0. The van der Waals surface area contributed by atoms with Crippen molar-refractivity contribution < 1.29 is 4.74 Å². The first-order valence-corrected chi connectivity index (χ1v) is 9.26. The molecule has 136 valence electrons. The van der Waals surface area contributed by atoms with Crippen LogP contribution in [0.4, 0.5) is 5.69 Å². The lowest BCUT2D eigenvalue weighted by Gasteiger charge is -2.34. The third-order valence-corrected chi connectivity index (χ3v) is 4.81. The van der Waals surface area contributed by atoms with Crippen molar-refractivity contribution in [3.8, 4) is 17.1 Å². The number of imidazole rings is 1. The van der Waals surface area contributed by atoms with Crippen LogP contribution < -0.4 is 9.64 Å². The minimum absolute atomic E-state index is 0.692. The molecule has 1 N–H and O–H groups in total. The summed E-state index contributed by atoms with van der Waals surface area (Å²) in [5.41, 5.74) is 3.86. The maximum atomic E-state index is 6.07. The number of likely N-dealkylation sites (N-methyl/N-ethyl adjacent to an activating group) is 1. The van der Waals surface area contributed by atoms with Gasteiger partial charge in [0.2, 0.25) is 0 Å². The second-order valence-corrected chi connectivity index (χ2v) is 6.78. The lowest BCUT2D eigenvalue weighted by molar-refractivity contribution is 0.310. The molecule has 0 spiro atoms. The molecular weight excluding hydrogens is 326 g/mol. The Morgan fingerprint density at radius 3 is 2.77 bits per heavy atom. The standard InChI is InChI=1S/C20H25N5O/c1-3-13-26-18-14-15(25-11-9-24(2)10-12-25)6-7-16(18)19-22-17-5-4-8-21-20(17)23-19/h4-8,14H,3,9-13H2,1-2H3,(H,21,22,23). The van der Waals surface area contributed by atoms with Gasteiger partial charge in [0.25, 0.3) is 0 Å². The predicted molar refractivity (Wildman–Crippen MR) is 105 cm³/mol. The molecule has 0 amide bonds. The molecule has 0 aliphatic carbocycles.